The van der Waals surface area contributed by atoms with E-state index in [1.165, 1.54) is 6.08 Å². The second-order valence-corrected chi connectivity index (χ2v) is 2.39. The van der Waals surface area contributed by atoms with E-state index >= 15 is 0 Å². The molecule has 0 saturated heterocycles. The highest BCUT2D eigenvalue weighted by Crippen LogP contribution is 2.20. The Morgan fingerprint density at radius 3 is 2.54 bits per heavy atom. The Kier molecular flexibility index (Phi) is 5.18. The lowest BCUT2D eigenvalue weighted by Crippen LogP contribution is -2.10. The smallest absolute Gasteiger partial charge is 0.389 e. The topological polar surface area (TPSA) is 26.3 Å². The average molecular weight is 196 g/mol. The molecule has 0 radical (unpaired) electrons. The number of hydrogen-bond acceptors (Lipinski definition) is 2. The van der Waals surface area contributed by atoms with Crippen LogP contribution in [-0.2, 0) is 9.53 Å². The predicted octanol–water partition coefficient (Wildman–Crippen LogP) is 2.45. The summed E-state index contributed by atoms with van der Waals surface area (Å²) in [6, 6.07) is 0. The summed E-state index contributed by atoms with van der Waals surface area (Å²) in [4.78, 5) is 10.6. The summed E-state index contributed by atoms with van der Waals surface area (Å²) < 4.78 is 39.2. The number of allylic oxidation sites excluding steroid dienone is 1. The first-order valence-electron chi connectivity index (χ1n) is 3.82. The maximum absolute atomic E-state index is 11.6. The number of carbonyl (C=O) groups is 1. The summed E-state index contributed by atoms with van der Waals surface area (Å²) in [5.41, 5.74) is 0. The second kappa shape index (κ2) is 5.61. The molecule has 0 unspecified atom stereocenters. The predicted molar refractivity (Wildman–Crippen MR) is 41.1 cm³/mol. The monoisotopic (exact) mass is 196 g/mol. The van der Waals surface area contributed by atoms with Crippen LogP contribution in [0, 0.1) is 0 Å². The fourth-order valence-corrected chi connectivity index (χ4v) is 0.630. The lowest BCUT2D eigenvalue weighted by Gasteiger charge is -2.05. The summed E-state index contributed by atoms with van der Waals surface area (Å²) in [6.07, 6.45) is -2.66. The van der Waals surface area contributed by atoms with Gasteiger partial charge in [0, 0.05) is 12.5 Å². The first-order valence-corrected chi connectivity index (χ1v) is 3.82. The summed E-state index contributed by atoms with van der Waals surface area (Å²) in [5, 5.41) is 0. The van der Waals surface area contributed by atoms with E-state index in [9.17, 15) is 18.0 Å². The van der Waals surface area contributed by atoms with E-state index in [0.717, 1.165) is 6.08 Å². The van der Waals surface area contributed by atoms with Gasteiger partial charge in [0.05, 0.1) is 6.61 Å². The fraction of sp³-hybridized carbons (Fsp3) is 0.625. The lowest BCUT2D eigenvalue weighted by atomic mass is 10.3. The largest absolute Gasteiger partial charge is 0.463 e. The van der Waals surface area contributed by atoms with Crippen molar-refractivity contribution < 1.29 is 22.7 Å². The van der Waals surface area contributed by atoms with Crippen LogP contribution in [0.3, 0.4) is 0 Å². The first kappa shape index (κ1) is 12.0. The molecule has 0 heterocycles. The van der Waals surface area contributed by atoms with Gasteiger partial charge in [0.25, 0.3) is 0 Å². The Morgan fingerprint density at radius 1 is 1.46 bits per heavy atom. The van der Waals surface area contributed by atoms with E-state index in [-0.39, 0.29) is 13.0 Å². The van der Waals surface area contributed by atoms with Gasteiger partial charge >= 0.3 is 12.1 Å². The molecule has 0 N–H and O–H groups in total. The number of halogens is 3. The second-order valence-electron chi connectivity index (χ2n) is 2.39. The molecule has 0 fully saturated rings. The standard InChI is InChI=1S/C8H11F3O2/c1-2-4-7(12)13-6-3-5-8(9,10)11/h2,4H,3,5-6H2,1H3/b4-2-. The highest BCUT2D eigenvalue weighted by atomic mass is 19.4. The van der Waals surface area contributed by atoms with Crippen molar-refractivity contribution in [3.05, 3.63) is 12.2 Å². The molecule has 0 atom stereocenters. The van der Waals surface area contributed by atoms with Crippen molar-refractivity contribution in [3.63, 3.8) is 0 Å². The molecule has 0 aromatic carbocycles. The molecule has 13 heavy (non-hydrogen) atoms. The quantitative estimate of drug-likeness (QED) is 0.392. The van der Waals surface area contributed by atoms with Crippen molar-refractivity contribution in [1.29, 1.82) is 0 Å². The zero-order valence-corrected chi connectivity index (χ0v) is 7.23. The number of alkyl halides is 3. The van der Waals surface area contributed by atoms with Crippen LogP contribution in [-0.4, -0.2) is 18.8 Å². The summed E-state index contributed by atoms with van der Waals surface area (Å²) in [6.45, 7) is 1.43. The van der Waals surface area contributed by atoms with E-state index in [2.05, 4.69) is 4.74 Å². The molecule has 76 valence electrons. The Labute approximate surface area is 74.4 Å². The van der Waals surface area contributed by atoms with Crippen LogP contribution < -0.4 is 0 Å². The Bertz CT molecular complexity index is 184. The number of ether oxygens (including phenoxy) is 1. The molecule has 2 nitrogen and oxygen atoms in total. The summed E-state index contributed by atoms with van der Waals surface area (Å²) >= 11 is 0. The van der Waals surface area contributed by atoms with Crippen molar-refractivity contribution in [3.8, 4) is 0 Å². The number of esters is 1. The molecule has 0 bridgehead atoms. The molecule has 0 saturated carbocycles. The molecular formula is C8H11F3O2. The minimum Gasteiger partial charge on any atom is -0.463 e. The van der Waals surface area contributed by atoms with E-state index < -0.39 is 18.6 Å². The van der Waals surface area contributed by atoms with Crippen molar-refractivity contribution in [2.75, 3.05) is 6.61 Å². The van der Waals surface area contributed by atoms with Crippen LogP contribution >= 0.6 is 0 Å². The van der Waals surface area contributed by atoms with Gasteiger partial charge in [-0.2, -0.15) is 13.2 Å². The Hall–Kier alpha value is -1.00. The van der Waals surface area contributed by atoms with E-state index in [1.807, 2.05) is 0 Å². The third-order valence-corrected chi connectivity index (χ3v) is 1.15. The van der Waals surface area contributed by atoms with Crippen molar-refractivity contribution in [2.24, 2.45) is 0 Å². The third-order valence-electron chi connectivity index (χ3n) is 1.15. The van der Waals surface area contributed by atoms with Crippen LogP contribution in [0.25, 0.3) is 0 Å². The fourth-order valence-electron chi connectivity index (χ4n) is 0.630. The van der Waals surface area contributed by atoms with Gasteiger partial charge in [-0.1, -0.05) is 6.08 Å². The van der Waals surface area contributed by atoms with E-state index in [0.29, 0.717) is 0 Å². The molecule has 0 aliphatic heterocycles. The van der Waals surface area contributed by atoms with Gasteiger partial charge in [0.1, 0.15) is 0 Å². The van der Waals surface area contributed by atoms with Gasteiger partial charge in [-0.05, 0) is 13.3 Å². The van der Waals surface area contributed by atoms with Gasteiger partial charge in [0.2, 0.25) is 0 Å². The molecule has 5 heteroatoms. The maximum Gasteiger partial charge on any atom is 0.389 e. The average Bonchev–Trinajstić information content (AvgIpc) is 1.97. The zero-order valence-electron chi connectivity index (χ0n) is 7.23. The van der Waals surface area contributed by atoms with E-state index in [4.69, 9.17) is 0 Å². The molecular weight excluding hydrogens is 185 g/mol. The summed E-state index contributed by atoms with van der Waals surface area (Å²) in [7, 11) is 0. The normalized spacial score (nSPS) is 12.0. The summed E-state index contributed by atoms with van der Waals surface area (Å²) in [5.74, 6) is -0.607. The van der Waals surface area contributed by atoms with Crippen LogP contribution in [0.15, 0.2) is 12.2 Å². The number of hydrogen-bond donors (Lipinski definition) is 0. The van der Waals surface area contributed by atoms with Crippen LogP contribution in [0.1, 0.15) is 19.8 Å². The van der Waals surface area contributed by atoms with Crippen LogP contribution in [0.2, 0.25) is 0 Å². The molecule has 0 aliphatic carbocycles. The Balaban J connectivity index is 3.41. The van der Waals surface area contributed by atoms with Crippen molar-refractivity contribution >= 4 is 5.97 Å². The van der Waals surface area contributed by atoms with Gasteiger partial charge < -0.3 is 4.74 Å². The van der Waals surface area contributed by atoms with Crippen molar-refractivity contribution in [2.45, 2.75) is 25.9 Å². The molecule has 0 rings (SSSR count). The third kappa shape index (κ3) is 8.91. The highest BCUT2D eigenvalue weighted by molar-refractivity contribution is 5.81. The van der Waals surface area contributed by atoms with E-state index in [1.54, 1.807) is 6.92 Å². The van der Waals surface area contributed by atoms with Gasteiger partial charge in [-0.25, -0.2) is 4.79 Å². The molecule has 0 amide bonds. The molecule has 0 aromatic heterocycles. The van der Waals surface area contributed by atoms with Gasteiger partial charge in [-0.15, -0.1) is 0 Å². The van der Waals surface area contributed by atoms with Crippen molar-refractivity contribution in [1.82, 2.24) is 0 Å². The molecule has 0 aliphatic rings. The maximum atomic E-state index is 11.6. The Morgan fingerprint density at radius 2 is 2.08 bits per heavy atom. The zero-order chi connectivity index (χ0) is 10.3. The van der Waals surface area contributed by atoms with Crippen LogP contribution in [0.5, 0.6) is 0 Å². The lowest BCUT2D eigenvalue weighted by molar-refractivity contribution is -0.146. The number of carbonyl (C=O) groups excluding carboxylic acids is 1. The van der Waals surface area contributed by atoms with Crippen LogP contribution in [0.4, 0.5) is 13.2 Å². The number of rotatable bonds is 4. The minimum absolute atomic E-state index is 0.188. The minimum atomic E-state index is -4.17. The molecule has 0 aromatic rings. The van der Waals surface area contributed by atoms with Gasteiger partial charge in [0.15, 0.2) is 0 Å². The SMILES string of the molecule is C/C=C\C(=O)OCCCC(F)(F)F. The first-order chi connectivity index (χ1) is 5.95. The molecule has 0 spiro atoms. The highest BCUT2D eigenvalue weighted by Gasteiger charge is 2.26. The van der Waals surface area contributed by atoms with Gasteiger partial charge in [-0.3, -0.25) is 0 Å².